The van der Waals surface area contributed by atoms with Crippen LogP contribution in [0.1, 0.15) is 6.42 Å². The highest BCUT2D eigenvalue weighted by molar-refractivity contribution is 6.72. The Hall–Kier alpha value is -0.450. The smallest absolute Gasteiger partial charge is 0.291 e. The van der Waals surface area contributed by atoms with Crippen molar-refractivity contribution < 1.29 is 13.2 Å². The van der Waals surface area contributed by atoms with Gasteiger partial charge in [0.2, 0.25) is 0 Å². The molecule has 0 radical (unpaired) electrons. The van der Waals surface area contributed by atoms with Crippen LogP contribution < -0.4 is 0 Å². The Morgan fingerprint density at radius 2 is 2.00 bits per heavy atom. The summed E-state index contributed by atoms with van der Waals surface area (Å²) in [7, 11) is 0. The first-order chi connectivity index (χ1) is 7.56. The van der Waals surface area contributed by atoms with Crippen LogP contribution in [0.25, 0.3) is 0 Å². The number of rotatable bonds is 2. The monoisotopic (exact) mass is 303 g/mol. The number of hydrogen-bond donors (Lipinski definition) is 1. The number of nitrogens with one attached hydrogen (secondary N) is 1. The van der Waals surface area contributed by atoms with Crippen LogP contribution in [0.5, 0.6) is 0 Å². The molecule has 1 unspecified atom stereocenters. The zero-order valence-electron chi connectivity index (χ0n) is 8.34. The quantitative estimate of drug-likeness (QED) is 0.562. The van der Waals surface area contributed by atoms with Crippen LogP contribution in [0.2, 0.25) is 0 Å². The van der Waals surface area contributed by atoms with Gasteiger partial charge in [-0.1, -0.05) is 29.8 Å². The van der Waals surface area contributed by atoms with Gasteiger partial charge in [0.05, 0.1) is 5.57 Å². The molecule has 1 aliphatic rings. The van der Waals surface area contributed by atoms with Crippen LogP contribution in [-0.2, 0) is 0 Å². The molecule has 0 saturated carbocycles. The first-order valence-electron chi connectivity index (χ1n) is 4.35. The van der Waals surface area contributed by atoms with E-state index < -0.39 is 21.8 Å². The summed E-state index contributed by atoms with van der Waals surface area (Å²) in [5.41, 5.74) is -1.34. The Morgan fingerprint density at radius 1 is 1.47 bits per heavy atom. The van der Waals surface area contributed by atoms with E-state index in [0.717, 1.165) is 12.2 Å². The minimum Gasteiger partial charge on any atom is -0.291 e. The van der Waals surface area contributed by atoms with Gasteiger partial charge in [0.15, 0.2) is 0 Å². The molecule has 0 amide bonds. The fourth-order valence-electron chi connectivity index (χ4n) is 1.28. The average molecular weight is 305 g/mol. The fraction of sp³-hybridized carbons (Fsp3) is 0.300. The molecule has 0 aromatic carbocycles. The topological polar surface area (TPSA) is 23.9 Å². The van der Waals surface area contributed by atoms with Crippen molar-refractivity contribution in [2.24, 2.45) is 0 Å². The van der Waals surface area contributed by atoms with Crippen LogP contribution in [0.3, 0.4) is 0 Å². The lowest BCUT2D eigenvalue weighted by molar-refractivity contribution is -0.0886. The van der Waals surface area contributed by atoms with Crippen LogP contribution in [-0.4, -0.2) is 16.2 Å². The van der Waals surface area contributed by atoms with E-state index in [4.69, 9.17) is 40.2 Å². The van der Waals surface area contributed by atoms with Crippen molar-refractivity contribution in [1.82, 2.24) is 0 Å². The maximum absolute atomic E-state index is 12.5. The normalized spacial score (nSPS) is 25.1. The molecule has 0 aromatic rings. The second-order valence-corrected chi connectivity index (χ2v) is 5.06. The maximum Gasteiger partial charge on any atom is 0.416 e. The number of hydrogen-bond acceptors (Lipinski definition) is 1. The second kappa shape index (κ2) is 4.67. The predicted octanol–water partition coefficient (Wildman–Crippen LogP) is 4.75. The van der Waals surface area contributed by atoms with Gasteiger partial charge >= 0.3 is 6.18 Å². The van der Waals surface area contributed by atoms with E-state index in [9.17, 15) is 13.2 Å². The number of allylic oxidation sites excluding steroid dienone is 5. The molecule has 0 fully saturated rings. The molecule has 0 bridgehead atoms. The highest BCUT2D eigenvalue weighted by atomic mass is 35.5. The van der Waals surface area contributed by atoms with Gasteiger partial charge in [0, 0.05) is 11.5 Å². The third kappa shape index (κ3) is 3.27. The lowest BCUT2D eigenvalue weighted by atomic mass is 9.92. The minimum atomic E-state index is -4.58. The molecule has 94 valence electrons. The molecule has 1 atom stereocenters. The molecule has 0 saturated heterocycles. The summed E-state index contributed by atoms with van der Waals surface area (Å²) in [6.45, 7) is 2.94. The average Bonchev–Trinajstić information content (AvgIpc) is 2.13. The molecule has 1 nitrogen and oxygen atoms in total. The molecule has 0 aromatic heterocycles. The van der Waals surface area contributed by atoms with Crippen molar-refractivity contribution in [1.29, 1.82) is 5.41 Å². The summed E-state index contributed by atoms with van der Waals surface area (Å²) in [5.74, 6) is 0. The lowest BCUT2D eigenvalue weighted by Crippen LogP contribution is -2.29. The summed E-state index contributed by atoms with van der Waals surface area (Å²) in [6.07, 6.45) is -2.43. The molecule has 0 heterocycles. The first-order valence-corrected chi connectivity index (χ1v) is 5.48. The van der Waals surface area contributed by atoms with E-state index >= 15 is 0 Å². The van der Waals surface area contributed by atoms with Gasteiger partial charge in [-0.25, -0.2) is 0 Å². The molecule has 0 aliphatic heterocycles. The van der Waals surface area contributed by atoms with Gasteiger partial charge in [-0.15, -0.1) is 11.6 Å². The van der Waals surface area contributed by atoms with Crippen LogP contribution in [0, 0.1) is 5.41 Å². The summed E-state index contributed by atoms with van der Waals surface area (Å²) in [6, 6.07) is 0. The standard InChI is InChI=1S/C10H7Cl3F3N/c1-5(10(14,15)16)6-2-7(11)4-9(13,3-6)8(12)17/h2-3,17H,1,4H2. The third-order valence-electron chi connectivity index (χ3n) is 2.18. The Labute approximate surface area is 111 Å². The molecule has 1 N–H and O–H groups in total. The number of halogens is 6. The van der Waals surface area contributed by atoms with E-state index in [1.165, 1.54) is 0 Å². The van der Waals surface area contributed by atoms with Crippen LogP contribution in [0.15, 0.2) is 34.9 Å². The Balaban J connectivity index is 3.20. The highest BCUT2D eigenvalue weighted by Gasteiger charge is 2.39. The maximum atomic E-state index is 12.5. The highest BCUT2D eigenvalue weighted by Crippen LogP contribution is 2.40. The fourth-order valence-corrected chi connectivity index (χ4v) is 2.06. The van der Waals surface area contributed by atoms with Gasteiger partial charge in [-0.2, -0.15) is 13.2 Å². The van der Waals surface area contributed by atoms with Crippen molar-refractivity contribution in [3.8, 4) is 0 Å². The Kier molecular flexibility index (Phi) is 4.01. The van der Waals surface area contributed by atoms with Crippen molar-refractivity contribution in [3.05, 3.63) is 34.9 Å². The molecular weight excluding hydrogens is 297 g/mol. The van der Waals surface area contributed by atoms with Crippen molar-refractivity contribution in [2.75, 3.05) is 0 Å². The molecule has 1 rings (SSSR count). The SMILES string of the molecule is C=C(C1=CC(Cl)(C(=N)Cl)CC(Cl)=C1)C(F)(F)F. The van der Waals surface area contributed by atoms with Crippen molar-refractivity contribution in [3.63, 3.8) is 0 Å². The third-order valence-corrected chi connectivity index (χ3v) is 3.29. The van der Waals surface area contributed by atoms with Crippen molar-refractivity contribution >= 4 is 40.0 Å². The summed E-state index contributed by atoms with van der Waals surface area (Å²) in [5, 5.41) is 6.86. The first kappa shape index (κ1) is 14.6. The lowest BCUT2D eigenvalue weighted by Gasteiger charge is -2.26. The van der Waals surface area contributed by atoms with E-state index in [1.54, 1.807) is 0 Å². The Morgan fingerprint density at radius 3 is 2.41 bits per heavy atom. The van der Waals surface area contributed by atoms with Gasteiger partial charge in [-0.3, -0.25) is 5.41 Å². The minimum absolute atomic E-state index is 0.0208. The summed E-state index contributed by atoms with van der Waals surface area (Å²) >= 11 is 17.1. The van der Waals surface area contributed by atoms with E-state index in [0.29, 0.717) is 0 Å². The largest absolute Gasteiger partial charge is 0.416 e. The van der Waals surface area contributed by atoms with Gasteiger partial charge in [0.25, 0.3) is 0 Å². The van der Waals surface area contributed by atoms with Gasteiger partial charge in [-0.05, 0) is 17.7 Å². The summed E-state index contributed by atoms with van der Waals surface area (Å²) in [4.78, 5) is -1.53. The second-order valence-electron chi connectivity index (χ2n) is 3.52. The van der Waals surface area contributed by atoms with E-state index in [2.05, 4.69) is 6.58 Å². The van der Waals surface area contributed by atoms with Gasteiger partial charge in [0.1, 0.15) is 10.0 Å². The number of alkyl halides is 4. The molecule has 0 spiro atoms. The van der Waals surface area contributed by atoms with E-state index in [-0.39, 0.29) is 17.0 Å². The van der Waals surface area contributed by atoms with Crippen molar-refractivity contribution in [2.45, 2.75) is 17.5 Å². The zero-order chi connectivity index (χ0) is 13.4. The molecule has 7 heteroatoms. The molecule has 1 aliphatic carbocycles. The predicted molar refractivity (Wildman–Crippen MR) is 64.0 cm³/mol. The molecule has 17 heavy (non-hydrogen) atoms. The van der Waals surface area contributed by atoms with Crippen LogP contribution in [0.4, 0.5) is 13.2 Å². The van der Waals surface area contributed by atoms with E-state index in [1.807, 2.05) is 0 Å². The van der Waals surface area contributed by atoms with Crippen LogP contribution >= 0.6 is 34.8 Å². The zero-order valence-corrected chi connectivity index (χ0v) is 10.6. The molecular formula is C10H7Cl3F3N. The van der Waals surface area contributed by atoms with Gasteiger partial charge < -0.3 is 0 Å². The Bertz CT molecular complexity index is 437. The summed E-state index contributed by atoms with van der Waals surface area (Å²) < 4.78 is 37.4.